The van der Waals surface area contributed by atoms with Crippen LogP contribution in [0.3, 0.4) is 0 Å². The first kappa shape index (κ1) is 26.6. The zero-order valence-electron chi connectivity index (χ0n) is 21.2. The summed E-state index contributed by atoms with van der Waals surface area (Å²) in [7, 11) is -3.80. The van der Waals surface area contributed by atoms with Crippen LogP contribution in [-0.4, -0.2) is 38.5 Å². The Hall–Kier alpha value is -2.05. The van der Waals surface area contributed by atoms with Crippen LogP contribution in [0.15, 0.2) is 77.7 Å². The van der Waals surface area contributed by atoms with Gasteiger partial charge in [0.25, 0.3) is 10.0 Å². The number of hydrogen-bond donors (Lipinski definition) is 0. The van der Waals surface area contributed by atoms with Crippen molar-refractivity contribution in [3.05, 3.63) is 94.0 Å². The van der Waals surface area contributed by atoms with E-state index in [-0.39, 0.29) is 6.04 Å². The van der Waals surface area contributed by atoms with Crippen molar-refractivity contribution < 1.29 is 8.42 Å². The standard InChI is InChI=1S/C30H34Cl2N2O2S/c1-22-9-5-8-14-30(22)37(35,36)34(25-15-16-27(31)28(32)21-25)24-17-19-33(20-18-24)29-13-7-6-12-26(29)23-10-3-2-4-11-23/h2-5,8-11,14-16,21,24,26,29H,6-7,12-13,17-20H2,1H3/t26-,29-/m1/s1. The van der Waals surface area contributed by atoms with E-state index < -0.39 is 10.0 Å². The second-order valence-electron chi connectivity index (χ2n) is 10.3. The van der Waals surface area contributed by atoms with Crippen molar-refractivity contribution in [3.63, 3.8) is 0 Å². The van der Waals surface area contributed by atoms with E-state index in [1.807, 2.05) is 19.1 Å². The molecule has 2 atom stereocenters. The van der Waals surface area contributed by atoms with Crippen LogP contribution in [0.5, 0.6) is 0 Å². The number of hydrogen-bond acceptors (Lipinski definition) is 3. The van der Waals surface area contributed by atoms with Gasteiger partial charge in [0.05, 0.1) is 20.6 Å². The maximum atomic E-state index is 14.1. The van der Waals surface area contributed by atoms with Crippen molar-refractivity contribution in [2.45, 2.75) is 68.3 Å². The Balaban J connectivity index is 1.42. The van der Waals surface area contributed by atoms with Crippen molar-refractivity contribution >= 4 is 38.9 Å². The molecule has 37 heavy (non-hydrogen) atoms. The monoisotopic (exact) mass is 556 g/mol. The first-order valence-corrected chi connectivity index (χ1v) is 15.4. The number of halogens is 2. The Morgan fingerprint density at radius 2 is 1.49 bits per heavy atom. The molecule has 1 heterocycles. The van der Waals surface area contributed by atoms with Crippen LogP contribution in [-0.2, 0) is 10.0 Å². The number of sulfonamides is 1. The zero-order chi connectivity index (χ0) is 26.0. The van der Waals surface area contributed by atoms with E-state index in [9.17, 15) is 8.42 Å². The predicted molar refractivity (Wildman–Crippen MR) is 153 cm³/mol. The van der Waals surface area contributed by atoms with Crippen molar-refractivity contribution in [2.75, 3.05) is 17.4 Å². The molecule has 0 amide bonds. The molecular formula is C30H34Cl2N2O2S. The minimum atomic E-state index is -3.80. The minimum absolute atomic E-state index is 0.156. The minimum Gasteiger partial charge on any atom is -0.300 e. The number of piperidine rings is 1. The SMILES string of the molecule is Cc1ccccc1S(=O)(=O)N(c1ccc(Cl)c(Cl)c1)C1CCN([C@@H]2CCCC[C@@H]2c2ccccc2)CC1. The number of benzene rings is 3. The fourth-order valence-corrected chi connectivity index (χ4v) is 8.43. The van der Waals surface area contributed by atoms with Gasteiger partial charge in [-0.05, 0) is 73.9 Å². The van der Waals surface area contributed by atoms with E-state index in [0.717, 1.165) is 31.5 Å². The highest BCUT2D eigenvalue weighted by Crippen LogP contribution is 2.39. The van der Waals surface area contributed by atoms with E-state index >= 15 is 0 Å². The first-order valence-electron chi connectivity index (χ1n) is 13.2. The first-order chi connectivity index (χ1) is 17.9. The second kappa shape index (κ2) is 11.4. The molecule has 196 valence electrons. The fourth-order valence-electron chi connectivity index (χ4n) is 6.21. The lowest BCUT2D eigenvalue weighted by molar-refractivity contribution is 0.107. The number of anilines is 1. The summed E-state index contributed by atoms with van der Waals surface area (Å²) in [4.78, 5) is 2.95. The lowest BCUT2D eigenvalue weighted by atomic mass is 9.78. The van der Waals surface area contributed by atoms with Crippen LogP contribution in [0.25, 0.3) is 0 Å². The summed E-state index contributed by atoms with van der Waals surface area (Å²) in [6, 6.07) is 23.5. The van der Waals surface area contributed by atoms with Crippen LogP contribution < -0.4 is 4.31 Å². The molecule has 1 saturated carbocycles. The third kappa shape index (κ3) is 5.56. The number of likely N-dealkylation sites (tertiary alicyclic amines) is 1. The molecule has 0 unspecified atom stereocenters. The van der Waals surface area contributed by atoms with E-state index in [2.05, 4.69) is 35.2 Å². The van der Waals surface area contributed by atoms with Crippen LogP contribution in [0, 0.1) is 6.92 Å². The summed E-state index contributed by atoms with van der Waals surface area (Å²) < 4.78 is 29.8. The Morgan fingerprint density at radius 1 is 0.811 bits per heavy atom. The van der Waals surface area contributed by atoms with Crippen molar-refractivity contribution in [2.24, 2.45) is 0 Å². The molecule has 7 heteroatoms. The molecule has 3 aromatic carbocycles. The van der Waals surface area contributed by atoms with E-state index in [1.54, 1.807) is 34.6 Å². The normalized spacial score (nSPS) is 21.6. The fraction of sp³-hybridized carbons (Fsp3) is 0.400. The zero-order valence-corrected chi connectivity index (χ0v) is 23.5. The van der Waals surface area contributed by atoms with E-state index in [1.165, 1.54) is 31.2 Å². The van der Waals surface area contributed by atoms with Crippen LogP contribution in [0.4, 0.5) is 5.69 Å². The lowest BCUT2D eigenvalue weighted by Gasteiger charge is -2.45. The molecule has 2 aliphatic rings. The topological polar surface area (TPSA) is 40.6 Å². The Labute approximate surface area is 231 Å². The Kier molecular flexibility index (Phi) is 8.16. The molecule has 0 spiro atoms. The highest BCUT2D eigenvalue weighted by Gasteiger charge is 2.38. The molecule has 4 nitrogen and oxygen atoms in total. The highest BCUT2D eigenvalue weighted by atomic mass is 35.5. The second-order valence-corrected chi connectivity index (χ2v) is 12.9. The number of rotatable bonds is 6. The van der Waals surface area contributed by atoms with Gasteiger partial charge in [0, 0.05) is 25.2 Å². The van der Waals surface area contributed by atoms with Gasteiger partial charge in [0.15, 0.2) is 0 Å². The van der Waals surface area contributed by atoms with Gasteiger partial charge in [-0.2, -0.15) is 0 Å². The van der Waals surface area contributed by atoms with Gasteiger partial charge < -0.3 is 0 Å². The van der Waals surface area contributed by atoms with Crippen LogP contribution >= 0.6 is 23.2 Å². The molecule has 0 aromatic heterocycles. The largest absolute Gasteiger partial charge is 0.300 e. The van der Waals surface area contributed by atoms with Gasteiger partial charge in [0.2, 0.25) is 0 Å². The smallest absolute Gasteiger partial charge is 0.264 e. The summed E-state index contributed by atoms with van der Waals surface area (Å²) >= 11 is 12.6. The summed E-state index contributed by atoms with van der Waals surface area (Å²) in [5.41, 5.74) is 2.72. The average Bonchev–Trinajstić information content (AvgIpc) is 2.92. The predicted octanol–water partition coefficient (Wildman–Crippen LogP) is 7.69. The lowest BCUT2D eigenvalue weighted by Crippen LogP contribution is -2.51. The molecule has 0 bridgehead atoms. The summed E-state index contributed by atoms with van der Waals surface area (Å²) in [5, 5.41) is 0.771. The molecule has 1 saturated heterocycles. The molecule has 3 aromatic rings. The van der Waals surface area contributed by atoms with Gasteiger partial charge in [-0.15, -0.1) is 0 Å². The maximum absolute atomic E-state index is 14.1. The Bertz CT molecular complexity index is 1320. The molecular weight excluding hydrogens is 523 g/mol. The van der Waals surface area contributed by atoms with Crippen molar-refractivity contribution in [1.29, 1.82) is 0 Å². The molecule has 5 rings (SSSR count). The van der Waals surface area contributed by atoms with Crippen molar-refractivity contribution in [3.8, 4) is 0 Å². The van der Waals surface area contributed by atoms with Crippen LogP contribution in [0.2, 0.25) is 10.0 Å². The molecule has 0 N–H and O–H groups in total. The quantitative estimate of drug-likeness (QED) is 0.312. The highest BCUT2D eigenvalue weighted by molar-refractivity contribution is 7.93. The van der Waals surface area contributed by atoms with E-state index in [0.29, 0.717) is 32.6 Å². The maximum Gasteiger partial charge on any atom is 0.264 e. The number of nitrogens with zero attached hydrogens (tertiary/aromatic N) is 2. The van der Waals surface area contributed by atoms with Gasteiger partial charge >= 0.3 is 0 Å². The third-order valence-electron chi connectivity index (χ3n) is 8.05. The number of aryl methyl sites for hydroxylation is 1. The van der Waals surface area contributed by atoms with Gasteiger partial charge in [-0.1, -0.05) is 84.6 Å². The molecule has 1 aliphatic heterocycles. The summed E-state index contributed by atoms with van der Waals surface area (Å²) in [6.07, 6.45) is 6.47. The Morgan fingerprint density at radius 3 is 2.19 bits per heavy atom. The third-order valence-corrected chi connectivity index (χ3v) is 10.8. The van der Waals surface area contributed by atoms with Gasteiger partial charge in [-0.25, -0.2) is 8.42 Å². The summed E-state index contributed by atoms with van der Waals surface area (Å²) in [5.74, 6) is 0.536. The molecule has 2 fully saturated rings. The van der Waals surface area contributed by atoms with Gasteiger partial charge in [0.1, 0.15) is 0 Å². The summed E-state index contributed by atoms with van der Waals surface area (Å²) in [6.45, 7) is 3.59. The van der Waals surface area contributed by atoms with Gasteiger partial charge in [-0.3, -0.25) is 9.21 Å². The van der Waals surface area contributed by atoms with Crippen LogP contribution in [0.1, 0.15) is 55.6 Å². The molecule has 0 radical (unpaired) electrons. The van der Waals surface area contributed by atoms with E-state index in [4.69, 9.17) is 23.2 Å². The average molecular weight is 558 g/mol. The van der Waals surface area contributed by atoms with Crippen molar-refractivity contribution in [1.82, 2.24) is 4.90 Å². The molecule has 1 aliphatic carbocycles.